The van der Waals surface area contributed by atoms with Gasteiger partial charge in [0.1, 0.15) is 17.6 Å². The van der Waals surface area contributed by atoms with Gasteiger partial charge in [-0.3, -0.25) is 9.59 Å². The predicted molar refractivity (Wildman–Crippen MR) is 150 cm³/mol. The molecule has 3 N–H and O–H groups in total. The normalized spacial score (nSPS) is 20.0. The number of hydrogen-bond acceptors (Lipinski definition) is 5. The second kappa shape index (κ2) is 15.2. The van der Waals surface area contributed by atoms with Crippen LogP contribution in [0.25, 0.3) is 0 Å². The van der Waals surface area contributed by atoms with E-state index in [0.717, 1.165) is 18.4 Å². The van der Waals surface area contributed by atoms with Gasteiger partial charge in [-0.2, -0.15) is 0 Å². The molecule has 1 heterocycles. The van der Waals surface area contributed by atoms with Crippen molar-refractivity contribution in [1.29, 1.82) is 0 Å². The number of nitrogens with one attached hydrogen (secondary N) is 2. The number of carbonyl (C=O) groups is 2. The highest BCUT2D eigenvalue weighted by molar-refractivity contribution is 5.88. The molecule has 0 aromatic heterocycles. The van der Waals surface area contributed by atoms with Gasteiger partial charge in [-0.25, -0.2) is 4.39 Å². The molecule has 0 aliphatic carbocycles. The van der Waals surface area contributed by atoms with Gasteiger partial charge in [-0.1, -0.05) is 31.2 Å². The van der Waals surface area contributed by atoms with E-state index in [0.29, 0.717) is 37.3 Å². The minimum absolute atomic E-state index is 0.0425. The number of ether oxygens (including phenoxy) is 1. The Bertz CT molecular complexity index is 1150. The Morgan fingerprint density at radius 2 is 2.00 bits per heavy atom. The highest BCUT2D eigenvalue weighted by Crippen LogP contribution is 2.20. The molecule has 2 bridgehead atoms. The molecule has 3 atom stereocenters. The number of aryl methyl sites for hydroxylation is 1. The number of halogens is 1. The maximum absolute atomic E-state index is 14.4. The van der Waals surface area contributed by atoms with E-state index in [9.17, 15) is 19.1 Å². The lowest BCUT2D eigenvalue weighted by molar-refractivity contribution is -0.139. The Morgan fingerprint density at radius 3 is 2.77 bits per heavy atom. The van der Waals surface area contributed by atoms with Gasteiger partial charge in [0, 0.05) is 39.0 Å². The molecule has 2 amide bonds. The van der Waals surface area contributed by atoms with E-state index in [1.807, 2.05) is 12.1 Å². The van der Waals surface area contributed by atoms with Gasteiger partial charge in [0.15, 0.2) is 0 Å². The zero-order valence-electron chi connectivity index (χ0n) is 22.9. The Labute approximate surface area is 231 Å². The summed E-state index contributed by atoms with van der Waals surface area (Å²) in [6.45, 7) is 3.23. The molecule has 1 aliphatic heterocycles. The number of rotatable bonds is 7. The second-order valence-corrected chi connectivity index (χ2v) is 10.1. The third-order valence-electron chi connectivity index (χ3n) is 7.04. The minimum Gasteiger partial charge on any atom is -0.493 e. The van der Waals surface area contributed by atoms with Gasteiger partial charge in [0.05, 0.1) is 18.8 Å². The maximum atomic E-state index is 14.4. The van der Waals surface area contributed by atoms with Gasteiger partial charge < -0.3 is 25.4 Å². The van der Waals surface area contributed by atoms with E-state index in [-0.39, 0.29) is 31.7 Å². The van der Waals surface area contributed by atoms with E-state index in [2.05, 4.69) is 35.6 Å². The van der Waals surface area contributed by atoms with E-state index in [1.165, 1.54) is 22.6 Å². The SMILES string of the molecule is C#CCC1C(=O)NC([C@H](O)CNCc2cccc(CC)c2)Cc2cc(F)cc(c2)OCCCCCC(=O)N1C. The minimum atomic E-state index is -0.998. The molecule has 3 rings (SSSR count). The number of aliphatic hydroxyl groups is 1. The van der Waals surface area contributed by atoms with Gasteiger partial charge in [-0.15, -0.1) is 12.3 Å². The van der Waals surface area contributed by atoms with Crippen LogP contribution in [0.4, 0.5) is 4.39 Å². The fourth-order valence-corrected chi connectivity index (χ4v) is 4.72. The Balaban J connectivity index is 1.82. The number of nitrogens with zero attached hydrogens (tertiary/aromatic N) is 1. The zero-order valence-corrected chi connectivity index (χ0v) is 22.9. The third kappa shape index (κ3) is 9.38. The fraction of sp³-hybridized carbons (Fsp3) is 0.484. The molecule has 2 aromatic rings. The van der Waals surface area contributed by atoms with E-state index < -0.39 is 29.9 Å². The van der Waals surface area contributed by atoms with Crippen LogP contribution in [0.3, 0.4) is 0 Å². The number of carbonyl (C=O) groups excluding carboxylic acids is 2. The molecule has 2 aromatic carbocycles. The smallest absolute Gasteiger partial charge is 0.244 e. The first-order valence-electron chi connectivity index (χ1n) is 13.7. The molecule has 39 heavy (non-hydrogen) atoms. The van der Waals surface area contributed by atoms with E-state index >= 15 is 0 Å². The Kier molecular flexibility index (Phi) is 11.8. The zero-order chi connectivity index (χ0) is 28.2. The van der Waals surface area contributed by atoms with Crippen LogP contribution in [0, 0.1) is 18.2 Å². The summed E-state index contributed by atoms with van der Waals surface area (Å²) in [4.78, 5) is 27.6. The molecule has 0 fully saturated rings. The van der Waals surface area contributed by atoms with Crippen molar-refractivity contribution in [3.8, 4) is 18.1 Å². The molecule has 2 unspecified atom stereocenters. The maximum Gasteiger partial charge on any atom is 0.244 e. The molecule has 210 valence electrons. The van der Waals surface area contributed by atoms with Crippen molar-refractivity contribution < 1.29 is 23.8 Å². The highest BCUT2D eigenvalue weighted by Gasteiger charge is 2.30. The molecule has 0 saturated carbocycles. The summed E-state index contributed by atoms with van der Waals surface area (Å²) in [7, 11) is 1.58. The second-order valence-electron chi connectivity index (χ2n) is 10.1. The van der Waals surface area contributed by atoms with Crippen molar-refractivity contribution in [2.45, 2.75) is 76.6 Å². The number of hydrogen-bond donors (Lipinski definition) is 3. The number of terminal acetylenes is 1. The topological polar surface area (TPSA) is 90.9 Å². The monoisotopic (exact) mass is 537 g/mol. The number of likely N-dealkylation sites (N-methyl/N-ethyl adjacent to an activating group) is 1. The Hall–Kier alpha value is -3.41. The summed E-state index contributed by atoms with van der Waals surface area (Å²) in [5.41, 5.74) is 2.89. The number of fused-ring (bicyclic) bond motifs is 2. The first-order chi connectivity index (χ1) is 18.8. The van der Waals surface area contributed by atoms with Gasteiger partial charge in [0.25, 0.3) is 0 Å². The van der Waals surface area contributed by atoms with Crippen LogP contribution >= 0.6 is 0 Å². The lowest BCUT2D eigenvalue weighted by Crippen LogP contribution is -2.55. The summed E-state index contributed by atoms with van der Waals surface area (Å²) in [5, 5.41) is 17.3. The van der Waals surface area contributed by atoms with E-state index in [1.54, 1.807) is 13.1 Å². The third-order valence-corrected chi connectivity index (χ3v) is 7.04. The summed E-state index contributed by atoms with van der Waals surface area (Å²) in [6.07, 6.45) is 8.07. The van der Waals surface area contributed by atoms with Gasteiger partial charge >= 0.3 is 0 Å². The highest BCUT2D eigenvalue weighted by atomic mass is 19.1. The molecular formula is C31H40FN3O4. The summed E-state index contributed by atoms with van der Waals surface area (Å²) < 4.78 is 20.2. The van der Waals surface area contributed by atoms with Crippen molar-refractivity contribution >= 4 is 11.8 Å². The van der Waals surface area contributed by atoms with Crippen LogP contribution in [-0.4, -0.2) is 60.2 Å². The van der Waals surface area contributed by atoms with E-state index in [4.69, 9.17) is 11.2 Å². The van der Waals surface area contributed by atoms with Crippen molar-refractivity contribution in [2.75, 3.05) is 20.2 Å². The van der Waals surface area contributed by atoms with Crippen molar-refractivity contribution in [3.05, 3.63) is 65.0 Å². The molecule has 1 aliphatic rings. The number of benzene rings is 2. The standard InChI is InChI=1S/C31H40FN3O4/c1-4-10-28-31(38)34-27(29(36)21-33-20-23-12-9-11-22(5-2)15-23)18-24-16-25(32)19-26(17-24)39-14-8-6-7-13-30(37)35(28)3/h1,9,11-12,15-17,19,27-29,33,36H,5-8,10,13-14,18,20-21H2,2-3H3,(H,34,38)/t27?,28?,29-/m1/s1. The van der Waals surface area contributed by atoms with Crippen LogP contribution in [0.5, 0.6) is 5.75 Å². The quantitative estimate of drug-likeness (QED) is 0.472. The first-order valence-corrected chi connectivity index (χ1v) is 13.7. The van der Waals surface area contributed by atoms with Crippen molar-refractivity contribution in [2.24, 2.45) is 0 Å². The average molecular weight is 538 g/mol. The Morgan fingerprint density at radius 1 is 1.21 bits per heavy atom. The predicted octanol–water partition coefficient (Wildman–Crippen LogP) is 3.37. The summed E-state index contributed by atoms with van der Waals surface area (Å²) in [5.74, 6) is 1.81. The first kappa shape index (κ1) is 30.1. The van der Waals surface area contributed by atoms with Gasteiger partial charge in [-0.05, 0) is 60.9 Å². The lowest BCUT2D eigenvalue weighted by atomic mass is 9.99. The molecular weight excluding hydrogens is 497 g/mol. The molecule has 7 nitrogen and oxygen atoms in total. The summed E-state index contributed by atoms with van der Waals surface area (Å²) >= 11 is 0. The van der Waals surface area contributed by atoms with Crippen LogP contribution < -0.4 is 15.4 Å². The van der Waals surface area contributed by atoms with Crippen molar-refractivity contribution in [1.82, 2.24) is 15.5 Å². The lowest BCUT2D eigenvalue weighted by Gasteiger charge is -2.30. The molecule has 0 spiro atoms. The largest absolute Gasteiger partial charge is 0.493 e. The average Bonchev–Trinajstić information content (AvgIpc) is 2.92. The fourth-order valence-electron chi connectivity index (χ4n) is 4.72. The molecule has 8 heteroatoms. The van der Waals surface area contributed by atoms with Crippen LogP contribution in [0.1, 0.15) is 55.7 Å². The van der Waals surface area contributed by atoms with Crippen LogP contribution in [0.2, 0.25) is 0 Å². The molecule has 0 radical (unpaired) electrons. The van der Waals surface area contributed by atoms with Crippen molar-refractivity contribution in [3.63, 3.8) is 0 Å². The number of aliphatic hydroxyl groups excluding tert-OH is 1. The molecule has 0 saturated heterocycles. The number of amides is 2. The summed E-state index contributed by atoms with van der Waals surface area (Å²) in [6, 6.07) is 11.0. The van der Waals surface area contributed by atoms with Crippen LogP contribution in [0.15, 0.2) is 42.5 Å². The van der Waals surface area contributed by atoms with Crippen LogP contribution in [-0.2, 0) is 29.0 Å². The van der Waals surface area contributed by atoms with Gasteiger partial charge in [0.2, 0.25) is 11.8 Å².